The van der Waals surface area contributed by atoms with E-state index in [1.807, 2.05) is 20.0 Å². The molecule has 1 aromatic rings. The van der Waals surface area contributed by atoms with Gasteiger partial charge in [-0.25, -0.2) is 0 Å². The van der Waals surface area contributed by atoms with E-state index in [0.29, 0.717) is 12.0 Å². The van der Waals surface area contributed by atoms with Crippen molar-refractivity contribution in [3.05, 3.63) is 35.9 Å². The molecule has 0 spiro atoms. The molecule has 0 aliphatic rings. The van der Waals surface area contributed by atoms with Crippen molar-refractivity contribution < 1.29 is 5.11 Å². The van der Waals surface area contributed by atoms with Crippen LogP contribution in [0.25, 0.3) is 0 Å². The molecule has 0 aromatic heterocycles. The second kappa shape index (κ2) is 7.52. The number of hydrogen-bond donors (Lipinski definition) is 2. The molecule has 0 heterocycles. The number of aliphatic hydroxyl groups is 1. The number of hydrogen-bond acceptors (Lipinski definition) is 3. The van der Waals surface area contributed by atoms with Crippen molar-refractivity contribution in [3.8, 4) is 0 Å². The van der Waals surface area contributed by atoms with Crippen molar-refractivity contribution in [2.45, 2.75) is 26.0 Å². The van der Waals surface area contributed by atoms with Crippen molar-refractivity contribution >= 4 is 0 Å². The van der Waals surface area contributed by atoms with Crippen LogP contribution in [0.15, 0.2) is 30.3 Å². The van der Waals surface area contributed by atoms with Gasteiger partial charge in [0, 0.05) is 19.1 Å². The van der Waals surface area contributed by atoms with Crippen LogP contribution in [-0.4, -0.2) is 43.3 Å². The molecule has 0 bridgehead atoms. The SMILES string of the molecule is CNC(c1ccccc1)C(C)CN(C)CC(C)O. The molecule has 0 aliphatic heterocycles. The molecular formula is C15H26N2O. The zero-order valence-corrected chi connectivity index (χ0v) is 11.9. The third-order valence-electron chi connectivity index (χ3n) is 3.21. The second-order valence-corrected chi connectivity index (χ2v) is 5.22. The molecule has 0 amide bonds. The summed E-state index contributed by atoms with van der Waals surface area (Å²) in [7, 11) is 4.06. The van der Waals surface area contributed by atoms with E-state index in [2.05, 4.69) is 48.5 Å². The second-order valence-electron chi connectivity index (χ2n) is 5.22. The van der Waals surface area contributed by atoms with Crippen LogP contribution in [0.2, 0.25) is 0 Å². The highest BCUT2D eigenvalue weighted by atomic mass is 16.3. The lowest BCUT2D eigenvalue weighted by molar-refractivity contribution is 0.129. The van der Waals surface area contributed by atoms with E-state index in [1.54, 1.807) is 0 Å². The summed E-state index contributed by atoms with van der Waals surface area (Å²) in [5, 5.41) is 12.8. The first-order valence-corrected chi connectivity index (χ1v) is 6.63. The Morgan fingerprint density at radius 1 is 1.17 bits per heavy atom. The Bertz CT molecular complexity index is 327. The van der Waals surface area contributed by atoms with Gasteiger partial charge in [-0.15, -0.1) is 0 Å². The summed E-state index contributed by atoms with van der Waals surface area (Å²) in [4.78, 5) is 2.18. The highest BCUT2D eigenvalue weighted by molar-refractivity contribution is 5.19. The molecule has 3 heteroatoms. The number of benzene rings is 1. The molecule has 2 N–H and O–H groups in total. The van der Waals surface area contributed by atoms with Gasteiger partial charge in [0.1, 0.15) is 0 Å². The third-order valence-corrected chi connectivity index (χ3v) is 3.21. The molecule has 1 aromatic carbocycles. The van der Waals surface area contributed by atoms with E-state index in [-0.39, 0.29) is 6.10 Å². The Morgan fingerprint density at radius 2 is 1.78 bits per heavy atom. The van der Waals surface area contributed by atoms with Gasteiger partial charge in [0.05, 0.1) is 6.10 Å². The van der Waals surface area contributed by atoms with Crippen LogP contribution in [0, 0.1) is 5.92 Å². The smallest absolute Gasteiger partial charge is 0.0638 e. The Hall–Kier alpha value is -0.900. The Balaban J connectivity index is 2.60. The van der Waals surface area contributed by atoms with E-state index in [9.17, 15) is 5.11 Å². The van der Waals surface area contributed by atoms with Crippen LogP contribution in [0.5, 0.6) is 0 Å². The number of aliphatic hydroxyl groups excluding tert-OH is 1. The minimum absolute atomic E-state index is 0.271. The van der Waals surface area contributed by atoms with Crippen LogP contribution in [0.4, 0.5) is 0 Å². The number of likely N-dealkylation sites (N-methyl/N-ethyl adjacent to an activating group) is 1. The Labute approximate surface area is 111 Å². The zero-order valence-electron chi connectivity index (χ0n) is 11.9. The Morgan fingerprint density at radius 3 is 2.28 bits per heavy atom. The van der Waals surface area contributed by atoms with Crippen molar-refractivity contribution in [2.24, 2.45) is 5.92 Å². The van der Waals surface area contributed by atoms with E-state index in [1.165, 1.54) is 5.56 Å². The first-order chi connectivity index (χ1) is 8.54. The highest BCUT2D eigenvalue weighted by Crippen LogP contribution is 2.21. The lowest BCUT2D eigenvalue weighted by Crippen LogP contribution is -2.35. The summed E-state index contributed by atoms with van der Waals surface area (Å²) in [5.41, 5.74) is 1.32. The minimum Gasteiger partial charge on any atom is -0.392 e. The largest absolute Gasteiger partial charge is 0.392 e. The summed E-state index contributed by atoms with van der Waals surface area (Å²) in [6, 6.07) is 10.9. The molecule has 18 heavy (non-hydrogen) atoms. The van der Waals surface area contributed by atoms with Gasteiger partial charge in [-0.05, 0) is 32.5 Å². The predicted molar refractivity (Wildman–Crippen MR) is 76.6 cm³/mol. The summed E-state index contributed by atoms with van der Waals surface area (Å²) >= 11 is 0. The summed E-state index contributed by atoms with van der Waals surface area (Å²) in [6.07, 6.45) is -0.271. The average Bonchev–Trinajstić information content (AvgIpc) is 2.29. The molecule has 0 saturated heterocycles. The van der Waals surface area contributed by atoms with E-state index in [4.69, 9.17) is 0 Å². The van der Waals surface area contributed by atoms with Gasteiger partial charge < -0.3 is 15.3 Å². The fourth-order valence-corrected chi connectivity index (χ4v) is 2.56. The van der Waals surface area contributed by atoms with Crippen LogP contribution in [-0.2, 0) is 0 Å². The third kappa shape index (κ3) is 4.77. The first-order valence-electron chi connectivity index (χ1n) is 6.63. The molecule has 0 fully saturated rings. The zero-order chi connectivity index (χ0) is 13.5. The van der Waals surface area contributed by atoms with Gasteiger partial charge in [0.2, 0.25) is 0 Å². The summed E-state index contributed by atoms with van der Waals surface area (Å²) in [6.45, 7) is 5.75. The maximum absolute atomic E-state index is 9.39. The molecule has 102 valence electrons. The van der Waals surface area contributed by atoms with Gasteiger partial charge in [-0.2, -0.15) is 0 Å². The highest BCUT2D eigenvalue weighted by Gasteiger charge is 2.19. The molecule has 0 aliphatic carbocycles. The normalized spacial score (nSPS) is 16.6. The molecule has 0 saturated carbocycles. The van der Waals surface area contributed by atoms with Crippen molar-refractivity contribution in [3.63, 3.8) is 0 Å². The monoisotopic (exact) mass is 250 g/mol. The van der Waals surface area contributed by atoms with E-state index < -0.39 is 0 Å². The summed E-state index contributed by atoms with van der Waals surface area (Å²) < 4.78 is 0. The molecule has 3 atom stereocenters. The topological polar surface area (TPSA) is 35.5 Å². The van der Waals surface area contributed by atoms with Crippen LogP contribution >= 0.6 is 0 Å². The minimum atomic E-state index is -0.271. The van der Waals surface area contributed by atoms with Gasteiger partial charge in [0.25, 0.3) is 0 Å². The quantitative estimate of drug-likeness (QED) is 0.776. The van der Waals surface area contributed by atoms with Crippen molar-refractivity contribution in [2.75, 3.05) is 27.2 Å². The standard InChI is InChI=1S/C15H26N2O/c1-12(10-17(4)11-13(2)18)15(16-3)14-8-6-5-7-9-14/h5-9,12-13,15-16,18H,10-11H2,1-4H3. The molecule has 3 unspecified atom stereocenters. The number of nitrogens with zero attached hydrogens (tertiary/aromatic N) is 1. The summed E-state index contributed by atoms with van der Waals surface area (Å²) in [5.74, 6) is 0.487. The van der Waals surface area contributed by atoms with Crippen molar-refractivity contribution in [1.82, 2.24) is 10.2 Å². The lowest BCUT2D eigenvalue weighted by Gasteiger charge is -2.29. The lowest BCUT2D eigenvalue weighted by atomic mass is 9.94. The van der Waals surface area contributed by atoms with Gasteiger partial charge in [-0.1, -0.05) is 37.3 Å². The Kier molecular flexibility index (Phi) is 6.33. The fourth-order valence-electron chi connectivity index (χ4n) is 2.56. The first kappa shape index (κ1) is 15.2. The predicted octanol–water partition coefficient (Wildman–Crippen LogP) is 1.90. The van der Waals surface area contributed by atoms with Crippen LogP contribution < -0.4 is 5.32 Å². The van der Waals surface area contributed by atoms with Gasteiger partial charge >= 0.3 is 0 Å². The van der Waals surface area contributed by atoms with Crippen molar-refractivity contribution in [1.29, 1.82) is 0 Å². The molecule has 3 nitrogen and oxygen atoms in total. The van der Waals surface area contributed by atoms with Crippen LogP contribution in [0.1, 0.15) is 25.5 Å². The molecule has 0 radical (unpaired) electrons. The van der Waals surface area contributed by atoms with Gasteiger partial charge in [0.15, 0.2) is 0 Å². The maximum Gasteiger partial charge on any atom is 0.0638 e. The molecule has 1 rings (SSSR count). The number of rotatable bonds is 7. The molecular weight excluding hydrogens is 224 g/mol. The van der Waals surface area contributed by atoms with E-state index in [0.717, 1.165) is 13.1 Å². The van der Waals surface area contributed by atoms with Gasteiger partial charge in [-0.3, -0.25) is 0 Å². The fraction of sp³-hybridized carbons (Fsp3) is 0.600. The number of nitrogens with one attached hydrogen (secondary N) is 1. The van der Waals surface area contributed by atoms with Crippen LogP contribution in [0.3, 0.4) is 0 Å². The average molecular weight is 250 g/mol. The van der Waals surface area contributed by atoms with E-state index >= 15 is 0 Å². The maximum atomic E-state index is 9.39.